The van der Waals surface area contributed by atoms with E-state index in [1.807, 2.05) is 31.4 Å². The van der Waals surface area contributed by atoms with Crippen molar-refractivity contribution in [2.75, 3.05) is 24.4 Å². The number of aryl methyl sites for hydroxylation is 1. The summed E-state index contributed by atoms with van der Waals surface area (Å²) < 4.78 is 29.4. The molecule has 0 atom stereocenters. The molecule has 1 aliphatic rings. The van der Waals surface area contributed by atoms with Crippen molar-refractivity contribution in [1.82, 2.24) is 19.1 Å². The summed E-state index contributed by atoms with van der Waals surface area (Å²) in [5.74, 6) is 0. The molecule has 2 aromatic carbocycles. The molecule has 0 saturated carbocycles. The first kappa shape index (κ1) is 18.7. The summed E-state index contributed by atoms with van der Waals surface area (Å²) in [6.07, 6.45) is 5.31. The van der Waals surface area contributed by atoms with Crippen LogP contribution in [0, 0.1) is 0 Å². The van der Waals surface area contributed by atoms with Crippen LogP contribution < -0.4 is 9.73 Å². The third kappa shape index (κ3) is 2.86. The fourth-order valence-corrected chi connectivity index (χ4v) is 5.11. The van der Waals surface area contributed by atoms with E-state index in [2.05, 4.69) is 10.1 Å². The minimum atomic E-state index is -3.56. The zero-order chi connectivity index (χ0) is 21.0. The van der Waals surface area contributed by atoms with Gasteiger partial charge in [-0.3, -0.25) is 18.8 Å². The summed E-state index contributed by atoms with van der Waals surface area (Å²) in [5, 5.41) is 5.84. The molecule has 0 unspecified atom stereocenters. The fourth-order valence-electron chi connectivity index (χ4n) is 3.77. The molecule has 0 spiro atoms. The van der Waals surface area contributed by atoms with Crippen LogP contribution in [0.25, 0.3) is 32.8 Å². The van der Waals surface area contributed by atoms with Gasteiger partial charge in [0.15, 0.2) is 5.43 Å². The van der Waals surface area contributed by atoms with Crippen LogP contribution in [0.4, 0.5) is 5.69 Å². The highest BCUT2D eigenvalue weighted by molar-refractivity contribution is 7.90. The van der Waals surface area contributed by atoms with Crippen LogP contribution in [0.15, 0.2) is 59.8 Å². The van der Waals surface area contributed by atoms with Crippen molar-refractivity contribution in [2.24, 2.45) is 7.05 Å². The molecule has 0 N–H and O–H groups in total. The summed E-state index contributed by atoms with van der Waals surface area (Å²) in [5.41, 5.74) is 2.55. The molecule has 1 saturated heterocycles. The van der Waals surface area contributed by atoms with Gasteiger partial charge in [-0.25, -0.2) is 0 Å². The summed E-state index contributed by atoms with van der Waals surface area (Å²) >= 11 is 0. The van der Waals surface area contributed by atoms with Gasteiger partial charge in [-0.2, -0.15) is 17.8 Å². The number of pyridine rings is 1. The molecule has 30 heavy (non-hydrogen) atoms. The number of hydrogen-bond acceptors (Lipinski definition) is 5. The standard InChI is InChI=1S/C21H19N5O3S/c1-24-13-16(12-23-24)15-9-19-20(22-11-15)6-4-14-3-5-17(10-18(14)21(19)27)26-8-7-25(2)30(26,28)29/h3-6,9-13H,7-8H2,1-2H3. The highest BCUT2D eigenvalue weighted by Crippen LogP contribution is 2.28. The van der Waals surface area contributed by atoms with Crippen molar-refractivity contribution >= 4 is 37.6 Å². The lowest BCUT2D eigenvalue weighted by molar-refractivity contribution is 0.511. The molecule has 8 nitrogen and oxygen atoms in total. The summed E-state index contributed by atoms with van der Waals surface area (Å²) in [6.45, 7) is 0.763. The van der Waals surface area contributed by atoms with Crippen LogP contribution in [-0.2, 0) is 17.3 Å². The monoisotopic (exact) mass is 421 g/mol. The van der Waals surface area contributed by atoms with Crippen molar-refractivity contribution in [3.8, 4) is 11.1 Å². The summed E-state index contributed by atoms with van der Waals surface area (Å²) in [4.78, 5) is 17.9. The molecule has 152 valence electrons. The van der Waals surface area contributed by atoms with Crippen LogP contribution in [-0.4, -0.2) is 47.6 Å². The van der Waals surface area contributed by atoms with E-state index in [0.717, 1.165) is 16.5 Å². The number of hydrogen-bond donors (Lipinski definition) is 0. The Morgan fingerprint density at radius 2 is 1.73 bits per heavy atom. The number of benzene rings is 1. The Morgan fingerprint density at radius 1 is 0.933 bits per heavy atom. The lowest BCUT2D eigenvalue weighted by Gasteiger charge is -2.18. The normalized spacial score (nSPS) is 16.5. The number of likely N-dealkylation sites (N-methyl/N-ethyl adjacent to an activating group) is 1. The van der Waals surface area contributed by atoms with E-state index in [1.165, 1.54) is 8.61 Å². The second-order valence-electron chi connectivity index (χ2n) is 7.39. The lowest BCUT2D eigenvalue weighted by atomic mass is 10.1. The van der Waals surface area contributed by atoms with Crippen LogP contribution in [0.3, 0.4) is 0 Å². The van der Waals surface area contributed by atoms with Crippen molar-refractivity contribution in [3.63, 3.8) is 0 Å². The Hall–Kier alpha value is -3.30. The molecular formula is C21H19N5O3S. The van der Waals surface area contributed by atoms with Gasteiger partial charge in [-0.1, -0.05) is 12.1 Å². The van der Waals surface area contributed by atoms with Gasteiger partial charge < -0.3 is 0 Å². The number of anilines is 1. The summed E-state index contributed by atoms with van der Waals surface area (Å²) in [7, 11) is -0.178. The Morgan fingerprint density at radius 3 is 2.43 bits per heavy atom. The number of nitrogens with zero attached hydrogens (tertiary/aromatic N) is 5. The topological polar surface area (TPSA) is 88.4 Å². The number of fused-ring (bicyclic) bond motifs is 2. The highest BCUT2D eigenvalue weighted by atomic mass is 32.2. The van der Waals surface area contributed by atoms with Gasteiger partial charge in [0.1, 0.15) is 0 Å². The third-order valence-electron chi connectivity index (χ3n) is 5.48. The van der Waals surface area contributed by atoms with Gasteiger partial charge in [0.2, 0.25) is 0 Å². The number of aromatic nitrogens is 3. The molecule has 1 aliphatic heterocycles. The van der Waals surface area contributed by atoms with E-state index in [-0.39, 0.29) is 5.43 Å². The smallest absolute Gasteiger partial charge is 0.289 e. The van der Waals surface area contributed by atoms with Crippen LogP contribution in [0.1, 0.15) is 0 Å². The SMILES string of the molecule is CN1CCN(c2ccc3ccc4ncc(-c5cnn(C)c5)cc4c(=O)c3c2)S1(=O)=O. The Labute approximate surface area is 173 Å². The van der Waals surface area contributed by atoms with Crippen molar-refractivity contribution in [2.45, 2.75) is 0 Å². The predicted molar refractivity (Wildman–Crippen MR) is 117 cm³/mol. The largest absolute Gasteiger partial charge is 0.303 e. The molecule has 9 heteroatoms. The average molecular weight is 421 g/mol. The maximum atomic E-state index is 13.4. The van der Waals surface area contributed by atoms with Crippen LogP contribution in [0.5, 0.6) is 0 Å². The molecule has 2 aromatic heterocycles. The Kier molecular flexibility index (Phi) is 4.12. The van der Waals surface area contributed by atoms with Gasteiger partial charge in [-0.15, -0.1) is 0 Å². The van der Waals surface area contributed by atoms with Crippen molar-refractivity contribution in [1.29, 1.82) is 0 Å². The molecule has 3 heterocycles. The molecule has 0 radical (unpaired) electrons. The van der Waals surface area contributed by atoms with E-state index in [9.17, 15) is 13.2 Å². The van der Waals surface area contributed by atoms with Gasteiger partial charge in [-0.05, 0) is 29.7 Å². The molecule has 0 aliphatic carbocycles. The van der Waals surface area contributed by atoms with E-state index in [1.54, 1.807) is 42.3 Å². The first-order valence-electron chi connectivity index (χ1n) is 9.44. The van der Waals surface area contributed by atoms with E-state index in [4.69, 9.17) is 0 Å². The lowest BCUT2D eigenvalue weighted by Crippen LogP contribution is -2.30. The predicted octanol–water partition coefficient (Wildman–Crippen LogP) is 2.15. The van der Waals surface area contributed by atoms with E-state index in [0.29, 0.717) is 35.1 Å². The maximum absolute atomic E-state index is 13.4. The number of rotatable bonds is 2. The third-order valence-corrected chi connectivity index (χ3v) is 7.40. The summed E-state index contributed by atoms with van der Waals surface area (Å²) in [6, 6.07) is 10.6. The van der Waals surface area contributed by atoms with Crippen LogP contribution >= 0.6 is 0 Å². The Bertz CT molecular complexity index is 1480. The second-order valence-corrected chi connectivity index (χ2v) is 9.35. The molecule has 5 rings (SSSR count). The second kappa shape index (κ2) is 6.61. The van der Waals surface area contributed by atoms with Gasteiger partial charge in [0.25, 0.3) is 0 Å². The molecular weight excluding hydrogens is 402 g/mol. The Balaban J connectivity index is 1.74. The average Bonchev–Trinajstić information content (AvgIpc) is 3.24. The zero-order valence-corrected chi connectivity index (χ0v) is 17.3. The van der Waals surface area contributed by atoms with Gasteiger partial charge >= 0.3 is 10.2 Å². The first-order valence-corrected chi connectivity index (χ1v) is 10.8. The van der Waals surface area contributed by atoms with Gasteiger partial charge in [0, 0.05) is 61.5 Å². The molecule has 0 amide bonds. The molecule has 0 bridgehead atoms. The minimum absolute atomic E-state index is 0.185. The maximum Gasteiger partial charge on any atom is 0.303 e. The van der Waals surface area contributed by atoms with E-state index >= 15 is 0 Å². The van der Waals surface area contributed by atoms with Crippen molar-refractivity contribution < 1.29 is 8.42 Å². The zero-order valence-electron chi connectivity index (χ0n) is 16.5. The quantitative estimate of drug-likeness (QED) is 0.495. The fraction of sp³-hybridized carbons (Fsp3) is 0.190. The molecule has 1 fully saturated rings. The van der Waals surface area contributed by atoms with Gasteiger partial charge in [0.05, 0.1) is 17.4 Å². The minimum Gasteiger partial charge on any atom is -0.289 e. The van der Waals surface area contributed by atoms with Crippen molar-refractivity contribution in [3.05, 3.63) is 65.2 Å². The van der Waals surface area contributed by atoms with E-state index < -0.39 is 10.2 Å². The highest BCUT2D eigenvalue weighted by Gasteiger charge is 2.33. The molecule has 4 aromatic rings. The first-order chi connectivity index (χ1) is 14.3. The van der Waals surface area contributed by atoms with Crippen LogP contribution in [0.2, 0.25) is 0 Å².